The van der Waals surface area contributed by atoms with Gasteiger partial charge in [0.05, 0.1) is 6.33 Å². The van der Waals surface area contributed by atoms with Gasteiger partial charge in [0.15, 0.2) is 0 Å². The van der Waals surface area contributed by atoms with Crippen molar-refractivity contribution in [2.24, 2.45) is 5.92 Å². The molecule has 0 N–H and O–H groups in total. The molecule has 68 valence electrons. The van der Waals surface area contributed by atoms with E-state index in [4.69, 9.17) is 0 Å². The van der Waals surface area contributed by atoms with Crippen molar-refractivity contribution in [3.8, 4) is 0 Å². The van der Waals surface area contributed by atoms with Crippen LogP contribution in [0.3, 0.4) is 0 Å². The fourth-order valence-corrected chi connectivity index (χ4v) is 1.63. The van der Waals surface area contributed by atoms with Gasteiger partial charge in [-0.05, 0) is 26.2 Å². The number of aromatic nitrogens is 2. The Bertz CT molecular complexity index is 238. The Morgan fingerprint density at radius 1 is 1.42 bits per heavy atom. The van der Waals surface area contributed by atoms with Gasteiger partial charge in [-0.2, -0.15) is 0 Å². The van der Waals surface area contributed by atoms with E-state index in [0.29, 0.717) is 6.04 Å². The summed E-state index contributed by atoms with van der Waals surface area (Å²) in [5.74, 6) is 0.752. The van der Waals surface area contributed by atoms with Crippen LogP contribution < -0.4 is 0 Å². The average Bonchev–Trinajstić information content (AvgIpc) is 2.33. The fourth-order valence-electron chi connectivity index (χ4n) is 1.63. The first kappa shape index (κ1) is 9.30. The zero-order chi connectivity index (χ0) is 9.14. The molecular weight excluding hydrogens is 148 g/mol. The summed E-state index contributed by atoms with van der Waals surface area (Å²) in [4.78, 5) is 4.11. The van der Waals surface area contributed by atoms with Crippen molar-refractivity contribution >= 4 is 0 Å². The predicted octanol–water partition coefficient (Wildman–Crippen LogP) is 2.80. The Kier molecular flexibility index (Phi) is 2.90. The van der Waals surface area contributed by atoms with Crippen LogP contribution in [0.15, 0.2) is 12.5 Å². The number of hydrogen-bond acceptors (Lipinski definition) is 1. The van der Waals surface area contributed by atoms with Crippen LogP contribution in [-0.2, 0) is 0 Å². The Morgan fingerprint density at radius 3 is 2.50 bits per heavy atom. The topological polar surface area (TPSA) is 17.8 Å². The molecule has 1 unspecified atom stereocenters. The minimum absolute atomic E-state index is 0.576. The van der Waals surface area contributed by atoms with Crippen LogP contribution in [0.4, 0.5) is 0 Å². The highest BCUT2D eigenvalue weighted by molar-refractivity contribution is 4.96. The molecule has 1 heterocycles. The number of rotatable bonds is 3. The lowest BCUT2D eigenvalue weighted by Gasteiger charge is -2.16. The molecule has 0 saturated carbocycles. The van der Waals surface area contributed by atoms with Gasteiger partial charge in [0, 0.05) is 17.9 Å². The van der Waals surface area contributed by atoms with Crippen LogP contribution in [0.5, 0.6) is 0 Å². The van der Waals surface area contributed by atoms with Crippen molar-refractivity contribution < 1.29 is 0 Å². The monoisotopic (exact) mass is 166 g/mol. The van der Waals surface area contributed by atoms with Crippen LogP contribution in [0.1, 0.15) is 38.9 Å². The molecule has 1 rings (SSSR count). The van der Waals surface area contributed by atoms with Crippen molar-refractivity contribution in [2.75, 3.05) is 0 Å². The van der Waals surface area contributed by atoms with Crippen LogP contribution >= 0.6 is 0 Å². The van der Waals surface area contributed by atoms with Gasteiger partial charge in [0.2, 0.25) is 0 Å². The molecule has 0 aliphatic carbocycles. The summed E-state index contributed by atoms with van der Waals surface area (Å²) in [6.45, 7) is 8.85. The maximum Gasteiger partial charge on any atom is 0.0950 e. The normalized spacial score (nSPS) is 13.8. The second-order valence-corrected chi connectivity index (χ2v) is 3.92. The van der Waals surface area contributed by atoms with Gasteiger partial charge in [-0.15, -0.1) is 0 Å². The molecule has 1 atom stereocenters. The van der Waals surface area contributed by atoms with Crippen molar-refractivity contribution in [1.82, 2.24) is 9.55 Å². The predicted molar refractivity (Wildman–Crippen MR) is 51.1 cm³/mol. The van der Waals surface area contributed by atoms with Crippen LogP contribution in [0.25, 0.3) is 0 Å². The zero-order valence-electron chi connectivity index (χ0n) is 8.41. The van der Waals surface area contributed by atoms with Crippen molar-refractivity contribution in [2.45, 2.75) is 40.2 Å². The van der Waals surface area contributed by atoms with E-state index in [9.17, 15) is 0 Å². The molecule has 0 fully saturated rings. The minimum Gasteiger partial charge on any atom is -0.332 e. The minimum atomic E-state index is 0.576. The molecule has 1 aromatic heterocycles. The summed E-state index contributed by atoms with van der Waals surface area (Å²) in [6.07, 6.45) is 5.05. The standard InChI is InChI=1S/C10H18N2/c1-8(2)5-9(3)12-7-11-6-10(12)4/h6-9H,5H2,1-4H3. The smallest absolute Gasteiger partial charge is 0.0950 e. The van der Waals surface area contributed by atoms with Crippen LogP contribution in [0, 0.1) is 12.8 Å². The second kappa shape index (κ2) is 3.74. The molecule has 0 aliphatic rings. The highest BCUT2D eigenvalue weighted by Gasteiger charge is 2.07. The SMILES string of the molecule is Cc1cncn1C(C)CC(C)C. The van der Waals surface area contributed by atoms with Gasteiger partial charge in [-0.3, -0.25) is 0 Å². The van der Waals surface area contributed by atoms with E-state index in [2.05, 4.69) is 37.2 Å². The molecule has 0 saturated heterocycles. The largest absolute Gasteiger partial charge is 0.332 e. The summed E-state index contributed by atoms with van der Waals surface area (Å²) < 4.78 is 2.24. The highest BCUT2D eigenvalue weighted by Crippen LogP contribution is 2.17. The Labute approximate surface area is 74.6 Å². The fraction of sp³-hybridized carbons (Fsp3) is 0.700. The first-order valence-corrected chi connectivity index (χ1v) is 4.59. The third-order valence-corrected chi connectivity index (χ3v) is 2.15. The van der Waals surface area contributed by atoms with Crippen molar-refractivity contribution in [3.63, 3.8) is 0 Å². The van der Waals surface area contributed by atoms with Gasteiger partial charge in [0.25, 0.3) is 0 Å². The Balaban J connectivity index is 2.65. The van der Waals surface area contributed by atoms with E-state index in [1.807, 2.05) is 12.5 Å². The summed E-state index contributed by atoms with van der Waals surface area (Å²) >= 11 is 0. The lowest BCUT2D eigenvalue weighted by Crippen LogP contribution is -2.08. The van der Waals surface area contributed by atoms with E-state index < -0.39 is 0 Å². The first-order valence-electron chi connectivity index (χ1n) is 4.59. The number of nitrogens with zero attached hydrogens (tertiary/aromatic N) is 2. The average molecular weight is 166 g/mol. The van der Waals surface area contributed by atoms with E-state index in [1.54, 1.807) is 0 Å². The molecule has 0 spiro atoms. The lowest BCUT2D eigenvalue weighted by molar-refractivity contribution is 0.422. The Morgan fingerprint density at radius 2 is 2.08 bits per heavy atom. The molecular formula is C10H18N2. The molecule has 2 heteroatoms. The molecule has 0 aromatic carbocycles. The third kappa shape index (κ3) is 2.10. The Hall–Kier alpha value is -0.790. The lowest BCUT2D eigenvalue weighted by atomic mass is 10.1. The molecule has 1 aromatic rings. The van der Waals surface area contributed by atoms with Gasteiger partial charge in [-0.25, -0.2) is 4.98 Å². The summed E-state index contributed by atoms with van der Waals surface area (Å²) in [5.41, 5.74) is 1.25. The maximum atomic E-state index is 4.11. The van der Waals surface area contributed by atoms with Gasteiger partial charge >= 0.3 is 0 Å². The van der Waals surface area contributed by atoms with Crippen molar-refractivity contribution in [3.05, 3.63) is 18.2 Å². The highest BCUT2D eigenvalue weighted by atomic mass is 15.1. The quantitative estimate of drug-likeness (QED) is 0.675. The van der Waals surface area contributed by atoms with E-state index >= 15 is 0 Å². The van der Waals surface area contributed by atoms with Gasteiger partial charge in [0.1, 0.15) is 0 Å². The first-order chi connectivity index (χ1) is 5.61. The zero-order valence-corrected chi connectivity index (χ0v) is 8.41. The summed E-state index contributed by atoms with van der Waals surface area (Å²) in [6, 6.07) is 0.576. The summed E-state index contributed by atoms with van der Waals surface area (Å²) in [5, 5.41) is 0. The third-order valence-electron chi connectivity index (χ3n) is 2.15. The van der Waals surface area contributed by atoms with E-state index in [-0.39, 0.29) is 0 Å². The molecule has 0 amide bonds. The van der Waals surface area contributed by atoms with Gasteiger partial charge in [-0.1, -0.05) is 13.8 Å². The molecule has 0 bridgehead atoms. The summed E-state index contributed by atoms with van der Waals surface area (Å²) in [7, 11) is 0. The molecule has 2 nitrogen and oxygen atoms in total. The van der Waals surface area contributed by atoms with E-state index in [0.717, 1.165) is 5.92 Å². The maximum absolute atomic E-state index is 4.11. The molecule has 0 radical (unpaired) electrons. The van der Waals surface area contributed by atoms with E-state index in [1.165, 1.54) is 12.1 Å². The van der Waals surface area contributed by atoms with Crippen LogP contribution in [-0.4, -0.2) is 9.55 Å². The number of aryl methyl sites for hydroxylation is 1. The molecule has 0 aliphatic heterocycles. The van der Waals surface area contributed by atoms with Crippen molar-refractivity contribution in [1.29, 1.82) is 0 Å². The number of imidazole rings is 1. The van der Waals surface area contributed by atoms with Gasteiger partial charge < -0.3 is 4.57 Å². The number of hydrogen-bond donors (Lipinski definition) is 0. The molecule has 12 heavy (non-hydrogen) atoms. The second-order valence-electron chi connectivity index (χ2n) is 3.92. The van der Waals surface area contributed by atoms with Crippen LogP contribution in [0.2, 0.25) is 0 Å².